The van der Waals surface area contributed by atoms with Crippen LogP contribution < -0.4 is 5.32 Å². The fourth-order valence-corrected chi connectivity index (χ4v) is 1.21. The van der Waals surface area contributed by atoms with Crippen LogP contribution in [0.4, 0.5) is 0 Å². The highest BCUT2D eigenvalue weighted by atomic mass is 14.9. The summed E-state index contributed by atoms with van der Waals surface area (Å²) in [5.41, 5.74) is 2.51. The average molecular weight is 178 g/mol. The summed E-state index contributed by atoms with van der Waals surface area (Å²) in [5, 5.41) is 3.33. The van der Waals surface area contributed by atoms with E-state index in [1.807, 2.05) is 6.92 Å². The quantitative estimate of drug-likeness (QED) is 0.684. The Morgan fingerprint density at radius 1 is 1.62 bits per heavy atom. The van der Waals surface area contributed by atoms with Gasteiger partial charge in [-0.3, -0.25) is 0 Å². The predicted octanol–water partition coefficient (Wildman–Crippen LogP) is 2.17. The van der Waals surface area contributed by atoms with E-state index < -0.39 is 0 Å². The fraction of sp³-hybridized carbons (Fsp3) is 0.455. The number of hydrogen-bond acceptors (Lipinski definition) is 1. The Labute approximate surface area is 80.3 Å². The minimum atomic E-state index is 0.900. The van der Waals surface area contributed by atoms with Crippen LogP contribution in [-0.4, -0.2) is 11.1 Å². The predicted molar refractivity (Wildman–Crippen MR) is 56.6 cm³/mol. The molecule has 0 spiro atoms. The lowest BCUT2D eigenvalue weighted by Gasteiger charge is -2.01. The van der Waals surface area contributed by atoms with Crippen molar-refractivity contribution in [3.63, 3.8) is 0 Å². The Kier molecular flexibility index (Phi) is 3.77. The molecule has 0 saturated heterocycles. The topological polar surface area (TPSA) is 17.0 Å². The van der Waals surface area contributed by atoms with Crippen LogP contribution in [0.15, 0.2) is 30.6 Å². The van der Waals surface area contributed by atoms with Crippen LogP contribution in [0, 0.1) is 0 Å². The second-order valence-electron chi connectivity index (χ2n) is 3.41. The summed E-state index contributed by atoms with van der Waals surface area (Å²) in [6.45, 7) is 10.9. The Balaban J connectivity index is 2.32. The molecule has 0 unspecified atom stereocenters. The lowest BCUT2D eigenvalue weighted by atomic mass is 10.3. The van der Waals surface area contributed by atoms with Gasteiger partial charge in [0.15, 0.2) is 0 Å². The largest absolute Gasteiger partial charge is 0.354 e. The van der Waals surface area contributed by atoms with Crippen LogP contribution in [0.1, 0.15) is 19.4 Å². The zero-order valence-corrected chi connectivity index (χ0v) is 8.51. The van der Waals surface area contributed by atoms with E-state index in [1.54, 1.807) is 0 Å². The SMILES string of the molecule is C=C(C)CNCc1ccn(CC)c1. The van der Waals surface area contributed by atoms with Gasteiger partial charge in [-0.2, -0.15) is 0 Å². The normalized spacial score (nSPS) is 10.3. The minimum absolute atomic E-state index is 0.900. The minimum Gasteiger partial charge on any atom is -0.354 e. The monoisotopic (exact) mass is 178 g/mol. The lowest BCUT2D eigenvalue weighted by molar-refractivity contribution is 0.728. The average Bonchev–Trinajstić information content (AvgIpc) is 2.52. The Morgan fingerprint density at radius 2 is 2.38 bits per heavy atom. The second kappa shape index (κ2) is 4.87. The van der Waals surface area contributed by atoms with E-state index in [0.29, 0.717) is 0 Å². The summed E-state index contributed by atoms with van der Waals surface area (Å²) in [7, 11) is 0. The van der Waals surface area contributed by atoms with Crippen molar-refractivity contribution in [3.05, 3.63) is 36.2 Å². The molecule has 1 aromatic heterocycles. The molecule has 0 atom stereocenters. The third kappa shape index (κ3) is 3.47. The molecule has 0 aliphatic rings. The molecule has 0 aliphatic heterocycles. The Bertz CT molecular complexity index is 273. The maximum absolute atomic E-state index is 3.84. The number of aryl methyl sites for hydroxylation is 1. The summed E-state index contributed by atoms with van der Waals surface area (Å²) in [6, 6.07) is 2.15. The lowest BCUT2D eigenvalue weighted by Crippen LogP contribution is -2.14. The van der Waals surface area contributed by atoms with Gasteiger partial charge in [0.05, 0.1) is 0 Å². The molecule has 0 bridgehead atoms. The van der Waals surface area contributed by atoms with E-state index in [2.05, 4.69) is 41.8 Å². The zero-order chi connectivity index (χ0) is 9.68. The van der Waals surface area contributed by atoms with Crippen LogP contribution >= 0.6 is 0 Å². The Morgan fingerprint density at radius 3 is 2.92 bits per heavy atom. The van der Waals surface area contributed by atoms with Crippen molar-refractivity contribution in [1.82, 2.24) is 9.88 Å². The van der Waals surface area contributed by atoms with Crippen LogP contribution in [0.5, 0.6) is 0 Å². The molecule has 1 N–H and O–H groups in total. The summed E-state index contributed by atoms with van der Waals surface area (Å²) >= 11 is 0. The first-order valence-corrected chi connectivity index (χ1v) is 4.72. The highest BCUT2D eigenvalue weighted by Gasteiger charge is 1.94. The molecule has 13 heavy (non-hydrogen) atoms. The summed E-state index contributed by atoms with van der Waals surface area (Å²) in [6.07, 6.45) is 4.28. The maximum atomic E-state index is 3.84. The van der Waals surface area contributed by atoms with Gasteiger partial charge in [-0.25, -0.2) is 0 Å². The smallest absolute Gasteiger partial charge is 0.0223 e. The molecule has 72 valence electrons. The van der Waals surface area contributed by atoms with Gasteiger partial charge in [-0.05, 0) is 25.5 Å². The maximum Gasteiger partial charge on any atom is 0.0223 e. The van der Waals surface area contributed by atoms with Crippen molar-refractivity contribution in [2.45, 2.75) is 26.9 Å². The van der Waals surface area contributed by atoms with Crippen molar-refractivity contribution >= 4 is 0 Å². The molecule has 0 aromatic carbocycles. The number of rotatable bonds is 5. The van der Waals surface area contributed by atoms with E-state index >= 15 is 0 Å². The first-order chi connectivity index (χ1) is 6.22. The summed E-state index contributed by atoms with van der Waals surface area (Å²) in [5.74, 6) is 0. The third-order valence-corrected chi connectivity index (χ3v) is 1.93. The van der Waals surface area contributed by atoms with Gasteiger partial charge in [0.25, 0.3) is 0 Å². The second-order valence-corrected chi connectivity index (χ2v) is 3.41. The van der Waals surface area contributed by atoms with Crippen LogP contribution in [-0.2, 0) is 13.1 Å². The van der Waals surface area contributed by atoms with Crippen LogP contribution in [0.2, 0.25) is 0 Å². The van der Waals surface area contributed by atoms with Crippen molar-refractivity contribution in [3.8, 4) is 0 Å². The number of aromatic nitrogens is 1. The van der Waals surface area contributed by atoms with Crippen LogP contribution in [0.25, 0.3) is 0 Å². The third-order valence-electron chi connectivity index (χ3n) is 1.93. The molecular formula is C11H18N2. The van der Waals surface area contributed by atoms with Crippen molar-refractivity contribution < 1.29 is 0 Å². The molecule has 1 heterocycles. The molecule has 2 heteroatoms. The number of hydrogen-bond donors (Lipinski definition) is 1. The highest BCUT2D eigenvalue weighted by Crippen LogP contribution is 2.00. The molecule has 0 aliphatic carbocycles. The highest BCUT2D eigenvalue weighted by molar-refractivity contribution is 5.10. The summed E-state index contributed by atoms with van der Waals surface area (Å²) < 4.78 is 2.18. The summed E-state index contributed by atoms with van der Waals surface area (Å²) in [4.78, 5) is 0. The van der Waals surface area contributed by atoms with E-state index in [-0.39, 0.29) is 0 Å². The Hall–Kier alpha value is -1.02. The van der Waals surface area contributed by atoms with Gasteiger partial charge in [-0.15, -0.1) is 0 Å². The first-order valence-electron chi connectivity index (χ1n) is 4.72. The molecule has 1 aromatic rings. The van der Waals surface area contributed by atoms with E-state index in [0.717, 1.165) is 19.6 Å². The fourth-order valence-electron chi connectivity index (χ4n) is 1.21. The zero-order valence-electron chi connectivity index (χ0n) is 8.51. The molecule has 0 saturated carbocycles. The van der Waals surface area contributed by atoms with Crippen LogP contribution in [0.3, 0.4) is 0 Å². The van der Waals surface area contributed by atoms with Gasteiger partial charge in [-0.1, -0.05) is 12.2 Å². The van der Waals surface area contributed by atoms with E-state index in [9.17, 15) is 0 Å². The molecule has 0 amide bonds. The van der Waals surface area contributed by atoms with E-state index in [1.165, 1.54) is 11.1 Å². The standard InChI is InChI=1S/C11H18N2/c1-4-13-6-5-11(9-13)8-12-7-10(2)3/h5-6,9,12H,2,4,7-8H2,1,3H3. The van der Waals surface area contributed by atoms with E-state index in [4.69, 9.17) is 0 Å². The molecular weight excluding hydrogens is 160 g/mol. The number of nitrogens with zero attached hydrogens (tertiary/aromatic N) is 1. The van der Waals surface area contributed by atoms with Gasteiger partial charge in [0, 0.05) is 32.0 Å². The van der Waals surface area contributed by atoms with Crippen molar-refractivity contribution in [2.75, 3.05) is 6.54 Å². The number of nitrogens with one attached hydrogen (secondary N) is 1. The van der Waals surface area contributed by atoms with Gasteiger partial charge >= 0.3 is 0 Å². The molecule has 1 rings (SSSR count). The van der Waals surface area contributed by atoms with Crippen molar-refractivity contribution in [1.29, 1.82) is 0 Å². The molecule has 0 fully saturated rings. The molecule has 0 radical (unpaired) electrons. The van der Waals surface area contributed by atoms with Gasteiger partial charge in [0.2, 0.25) is 0 Å². The van der Waals surface area contributed by atoms with Gasteiger partial charge in [0.1, 0.15) is 0 Å². The van der Waals surface area contributed by atoms with Crippen molar-refractivity contribution in [2.24, 2.45) is 0 Å². The molecule has 2 nitrogen and oxygen atoms in total. The first kappa shape index (κ1) is 10.1. The van der Waals surface area contributed by atoms with Gasteiger partial charge < -0.3 is 9.88 Å².